The van der Waals surface area contributed by atoms with Crippen LogP contribution >= 0.6 is 0 Å². The fourth-order valence-corrected chi connectivity index (χ4v) is 4.14. The van der Waals surface area contributed by atoms with E-state index in [1.54, 1.807) is 0 Å². The summed E-state index contributed by atoms with van der Waals surface area (Å²) in [5, 5.41) is 4.39. The van der Waals surface area contributed by atoms with Crippen LogP contribution in [0.3, 0.4) is 0 Å². The van der Waals surface area contributed by atoms with Gasteiger partial charge < -0.3 is 20.4 Å². The molecule has 4 rings (SSSR count). The molecule has 0 aliphatic carbocycles. The second kappa shape index (κ2) is 9.87. The van der Waals surface area contributed by atoms with E-state index >= 15 is 0 Å². The van der Waals surface area contributed by atoms with Crippen molar-refractivity contribution in [2.75, 3.05) is 25.5 Å². The first-order valence-corrected chi connectivity index (χ1v) is 11.0. The average Bonchev–Trinajstić information content (AvgIpc) is 3.13. The predicted molar refractivity (Wildman–Crippen MR) is 119 cm³/mol. The third-order valence-electron chi connectivity index (χ3n) is 5.75. The van der Waals surface area contributed by atoms with Crippen molar-refractivity contribution in [1.82, 2.24) is 19.9 Å². The van der Waals surface area contributed by atoms with Crippen molar-refractivity contribution in [3.63, 3.8) is 0 Å². The Bertz CT molecular complexity index is 1090. The van der Waals surface area contributed by atoms with Crippen molar-refractivity contribution in [3.8, 4) is 0 Å². The second-order valence-electron chi connectivity index (χ2n) is 8.09. The Morgan fingerprint density at radius 2 is 1.94 bits per heavy atom. The zero-order valence-electron chi connectivity index (χ0n) is 17.9. The molecule has 1 saturated heterocycles. The molecule has 0 radical (unpaired) electrons. The largest absolute Gasteiger partial charge is 0.389 e. The van der Waals surface area contributed by atoms with Gasteiger partial charge in [0.1, 0.15) is 11.3 Å². The minimum absolute atomic E-state index is 0.0207. The van der Waals surface area contributed by atoms with Crippen molar-refractivity contribution >= 4 is 27.8 Å². The standard InChI is InChI=1S/C23H28F3N5O/c24-23(25,26)11-5-8-19-30-20-21(17-6-1-2-7-18(17)29-22(20)27)31(19)13-4-3-12-28-16-9-14-32-15-10-16/h1-4,6-7,16,28H,5,8-15H2,(H2,27,29)/b4-3+. The number of imidazole rings is 1. The summed E-state index contributed by atoms with van der Waals surface area (Å²) < 4.78 is 45.4. The number of aromatic nitrogens is 3. The third-order valence-corrected chi connectivity index (χ3v) is 5.75. The first-order chi connectivity index (χ1) is 15.4. The summed E-state index contributed by atoms with van der Waals surface area (Å²) in [4.78, 5) is 9.02. The van der Waals surface area contributed by atoms with Gasteiger partial charge in [-0.3, -0.25) is 0 Å². The molecule has 0 bridgehead atoms. The quantitative estimate of drug-likeness (QED) is 0.501. The van der Waals surface area contributed by atoms with E-state index in [2.05, 4.69) is 15.3 Å². The molecule has 0 atom stereocenters. The molecule has 3 N–H and O–H groups in total. The number of hydrogen-bond donors (Lipinski definition) is 2. The van der Waals surface area contributed by atoms with Crippen LogP contribution in [0.25, 0.3) is 21.9 Å². The van der Waals surface area contributed by atoms with Crippen molar-refractivity contribution in [2.45, 2.75) is 50.9 Å². The predicted octanol–water partition coefficient (Wildman–Crippen LogP) is 4.38. The minimum atomic E-state index is -4.18. The van der Waals surface area contributed by atoms with E-state index in [0.29, 0.717) is 29.7 Å². The Morgan fingerprint density at radius 1 is 1.16 bits per heavy atom. The number of anilines is 1. The average molecular weight is 448 g/mol. The highest BCUT2D eigenvalue weighted by Crippen LogP contribution is 2.30. The summed E-state index contributed by atoms with van der Waals surface area (Å²) in [7, 11) is 0. The Kier molecular flexibility index (Phi) is 6.95. The normalized spacial score (nSPS) is 16.0. The molecule has 1 fully saturated rings. The summed E-state index contributed by atoms with van der Waals surface area (Å²) in [6, 6.07) is 8.06. The van der Waals surface area contributed by atoms with Crippen LogP contribution in [0.1, 0.15) is 31.5 Å². The van der Waals surface area contributed by atoms with E-state index < -0.39 is 12.6 Å². The zero-order valence-corrected chi connectivity index (χ0v) is 17.9. The Balaban J connectivity index is 1.58. The highest BCUT2D eigenvalue weighted by molar-refractivity contribution is 6.06. The van der Waals surface area contributed by atoms with Crippen molar-refractivity contribution in [1.29, 1.82) is 0 Å². The molecule has 1 aromatic carbocycles. The molecule has 3 heterocycles. The number of para-hydroxylation sites is 1. The van der Waals surface area contributed by atoms with Gasteiger partial charge in [0.15, 0.2) is 5.82 Å². The molecule has 1 aliphatic heterocycles. The smallest absolute Gasteiger partial charge is 0.382 e. The molecular weight excluding hydrogens is 419 g/mol. The van der Waals surface area contributed by atoms with Gasteiger partial charge in [-0.2, -0.15) is 13.2 Å². The Hall–Kier alpha value is -2.65. The fourth-order valence-electron chi connectivity index (χ4n) is 4.14. The Labute approximate surface area is 184 Å². The van der Waals surface area contributed by atoms with Gasteiger partial charge in [-0.15, -0.1) is 0 Å². The maximum Gasteiger partial charge on any atom is 0.389 e. The van der Waals surface area contributed by atoms with E-state index in [0.717, 1.165) is 49.0 Å². The lowest BCUT2D eigenvalue weighted by Gasteiger charge is -2.22. The summed E-state index contributed by atoms with van der Waals surface area (Å²) >= 11 is 0. The number of nitrogens with one attached hydrogen (secondary N) is 1. The second-order valence-corrected chi connectivity index (χ2v) is 8.09. The van der Waals surface area contributed by atoms with Crippen LogP contribution in [0.5, 0.6) is 0 Å². The van der Waals surface area contributed by atoms with Crippen LogP contribution in [-0.2, 0) is 17.7 Å². The van der Waals surface area contributed by atoms with E-state index in [1.165, 1.54) is 0 Å². The van der Waals surface area contributed by atoms with E-state index in [4.69, 9.17) is 10.5 Å². The third kappa shape index (κ3) is 5.39. The minimum Gasteiger partial charge on any atom is -0.382 e. The summed E-state index contributed by atoms with van der Waals surface area (Å²) in [5.74, 6) is 0.885. The number of nitrogens with zero attached hydrogens (tertiary/aromatic N) is 3. The highest BCUT2D eigenvalue weighted by atomic mass is 19.4. The number of ether oxygens (including phenoxy) is 1. The number of halogens is 3. The number of alkyl halides is 3. The molecule has 0 spiro atoms. The fraction of sp³-hybridized carbons (Fsp3) is 0.478. The van der Waals surface area contributed by atoms with E-state index in [1.807, 2.05) is 41.0 Å². The molecule has 3 aromatic rings. The number of rotatable bonds is 8. The van der Waals surface area contributed by atoms with Crippen molar-refractivity contribution in [2.24, 2.45) is 0 Å². The topological polar surface area (TPSA) is 78.0 Å². The summed E-state index contributed by atoms with van der Waals surface area (Å²) in [5.41, 5.74) is 8.26. The van der Waals surface area contributed by atoms with Crippen molar-refractivity contribution < 1.29 is 17.9 Å². The number of fused-ring (bicyclic) bond motifs is 3. The van der Waals surface area contributed by atoms with Crippen LogP contribution in [0.2, 0.25) is 0 Å². The molecule has 0 saturated carbocycles. The Morgan fingerprint density at radius 3 is 2.72 bits per heavy atom. The number of pyridine rings is 1. The van der Waals surface area contributed by atoms with Crippen molar-refractivity contribution in [3.05, 3.63) is 42.2 Å². The van der Waals surface area contributed by atoms with E-state index in [-0.39, 0.29) is 12.8 Å². The first kappa shape index (κ1) is 22.5. The van der Waals surface area contributed by atoms with E-state index in [9.17, 15) is 13.2 Å². The van der Waals surface area contributed by atoms with Crippen LogP contribution < -0.4 is 11.1 Å². The summed E-state index contributed by atoms with van der Waals surface area (Å²) in [6.45, 7) is 2.80. The van der Waals surface area contributed by atoms with Crippen LogP contribution in [0, 0.1) is 0 Å². The lowest BCUT2D eigenvalue weighted by Crippen LogP contribution is -2.34. The molecule has 0 amide bonds. The van der Waals surface area contributed by atoms with Gasteiger partial charge in [-0.05, 0) is 25.3 Å². The van der Waals surface area contributed by atoms with Gasteiger partial charge in [-0.1, -0.05) is 30.4 Å². The molecule has 0 unspecified atom stereocenters. The summed E-state index contributed by atoms with van der Waals surface area (Å²) in [6.07, 6.45) is 1.25. The van der Waals surface area contributed by atoms with Crippen LogP contribution in [0.15, 0.2) is 36.4 Å². The molecule has 172 valence electrons. The molecule has 1 aliphatic rings. The molecule has 9 heteroatoms. The highest BCUT2D eigenvalue weighted by Gasteiger charge is 2.27. The monoisotopic (exact) mass is 447 g/mol. The molecule has 6 nitrogen and oxygen atoms in total. The zero-order chi connectivity index (χ0) is 22.6. The van der Waals surface area contributed by atoms with Gasteiger partial charge in [0.2, 0.25) is 0 Å². The number of allylic oxidation sites excluding steroid dienone is 1. The van der Waals surface area contributed by atoms with Crippen LogP contribution in [0.4, 0.5) is 19.0 Å². The van der Waals surface area contributed by atoms with Gasteiger partial charge in [0.25, 0.3) is 0 Å². The maximum absolute atomic E-state index is 12.7. The number of hydrogen-bond acceptors (Lipinski definition) is 5. The number of nitrogens with two attached hydrogens (primary N) is 1. The van der Waals surface area contributed by atoms with Crippen LogP contribution in [-0.4, -0.2) is 46.5 Å². The number of nitrogen functional groups attached to an aromatic ring is 1. The van der Waals surface area contributed by atoms with Gasteiger partial charge in [0.05, 0.1) is 11.0 Å². The van der Waals surface area contributed by atoms with Gasteiger partial charge in [-0.25, -0.2) is 9.97 Å². The number of benzene rings is 1. The molecule has 32 heavy (non-hydrogen) atoms. The van der Waals surface area contributed by atoms with Gasteiger partial charge in [0, 0.05) is 50.6 Å². The van der Waals surface area contributed by atoms with Gasteiger partial charge >= 0.3 is 6.18 Å². The lowest BCUT2D eigenvalue weighted by molar-refractivity contribution is -0.135. The maximum atomic E-state index is 12.7. The molecular formula is C23H28F3N5O. The lowest BCUT2D eigenvalue weighted by atomic mass is 10.1. The number of aryl methyl sites for hydroxylation is 1. The molecule has 2 aromatic heterocycles. The first-order valence-electron chi connectivity index (χ1n) is 11.0. The SMILES string of the molecule is Nc1nc2ccccc2c2c1nc(CCCC(F)(F)F)n2C/C=C/CNC1CCOCC1.